The number of hydrogen-bond donors (Lipinski definition) is 1. The zero-order valence-corrected chi connectivity index (χ0v) is 23.0. The van der Waals surface area contributed by atoms with Gasteiger partial charge in [-0.3, -0.25) is 14.4 Å². The molecule has 4 rings (SSSR count). The second kappa shape index (κ2) is 10.6. The molecule has 8 heteroatoms. The van der Waals surface area contributed by atoms with Crippen molar-refractivity contribution in [2.75, 3.05) is 20.0 Å². The van der Waals surface area contributed by atoms with E-state index in [1.54, 1.807) is 31.1 Å². The third-order valence-electron chi connectivity index (χ3n) is 7.07. The number of nitrogens with zero attached hydrogens (tertiary/aromatic N) is 3. The molecule has 3 aromatic rings. The molecule has 2 aromatic carbocycles. The van der Waals surface area contributed by atoms with Crippen LogP contribution in [0, 0.1) is 0 Å². The maximum Gasteiger partial charge on any atom is 0.253 e. The number of H-pyrrole nitrogens is 1. The van der Waals surface area contributed by atoms with E-state index in [1.165, 1.54) is 4.90 Å². The molecule has 3 amide bonds. The van der Waals surface area contributed by atoms with Gasteiger partial charge in [-0.2, -0.15) is 0 Å². The van der Waals surface area contributed by atoms with E-state index in [0.717, 1.165) is 27.7 Å². The van der Waals surface area contributed by atoms with Gasteiger partial charge in [-0.15, -0.1) is 11.6 Å². The monoisotopic (exact) mass is 522 g/mol. The Hall–Kier alpha value is -3.32. The topological polar surface area (TPSA) is 76.7 Å². The maximum atomic E-state index is 14.1. The number of amides is 3. The van der Waals surface area contributed by atoms with Crippen molar-refractivity contribution in [1.29, 1.82) is 0 Å². The third-order valence-corrected chi connectivity index (χ3v) is 7.29. The summed E-state index contributed by atoms with van der Waals surface area (Å²) in [6.07, 6.45) is 0.393. The molecule has 0 aliphatic carbocycles. The highest BCUT2D eigenvalue weighted by atomic mass is 35.5. The van der Waals surface area contributed by atoms with Gasteiger partial charge >= 0.3 is 0 Å². The van der Waals surface area contributed by atoms with Crippen molar-refractivity contribution < 1.29 is 14.4 Å². The van der Waals surface area contributed by atoms with Crippen LogP contribution in [0.15, 0.2) is 48.5 Å². The summed E-state index contributed by atoms with van der Waals surface area (Å²) in [5.41, 5.74) is 4.21. The van der Waals surface area contributed by atoms with Crippen molar-refractivity contribution in [3.63, 3.8) is 0 Å². The highest BCUT2D eigenvalue weighted by Gasteiger charge is 2.45. The normalized spacial score (nSPS) is 17.3. The molecule has 0 unspecified atom stereocenters. The minimum absolute atomic E-state index is 0.0281. The van der Waals surface area contributed by atoms with Crippen molar-refractivity contribution >= 4 is 40.2 Å². The summed E-state index contributed by atoms with van der Waals surface area (Å²) >= 11 is 6.14. The summed E-state index contributed by atoms with van der Waals surface area (Å²) in [7, 11) is 3.42. The molecule has 2 heterocycles. The summed E-state index contributed by atoms with van der Waals surface area (Å²) in [6, 6.07) is 13.9. The molecular formula is C29H35ClN4O3. The molecule has 0 saturated heterocycles. The number of hydrogen-bond acceptors (Lipinski definition) is 3. The van der Waals surface area contributed by atoms with Gasteiger partial charge in [-0.25, -0.2) is 0 Å². The molecule has 0 fully saturated rings. The number of fused-ring (bicyclic) bond motifs is 3. The zero-order chi connectivity index (χ0) is 27.0. The highest BCUT2D eigenvalue weighted by molar-refractivity contribution is 6.27. The fourth-order valence-electron chi connectivity index (χ4n) is 5.55. The summed E-state index contributed by atoms with van der Waals surface area (Å²) < 4.78 is 0. The van der Waals surface area contributed by atoms with Gasteiger partial charge in [0.05, 0.1) is 6.04 Å². The van der Waals surface area contributed by atoms with Crippen LogP contribution in [0.5, 0.6) is 0 Å². The molecule has 2 atom stereocenters. The van der Waals surface area contributed by atoms with Gasteiger partial charge in [-0.05, 0) is 57.0 Å². The molecule has 0 spiro atoms. The lowest BCUT2D eigenvalue weighted by Crippen LogP contribution is -2.58. The van der Waals surface area contributed by atoms with Gasteiger partial charge in [0.1, 0.15) is 11.9 Å². The SMILES string of the molecule is CC(C)N(C(=O)[C@H]1Cc2c([nH]c3ccccc23)[C@H](c2ccc(C(=O)N(C)C)cc2)N1C(=O)CCl)C(C)C. The Kier molecular flexibility index (Phi) is 7.64. The quantitative estimate of drug-likeness (QED) is 0.481. The van der Waals surface area contributed by atoms with E-state index in [1.807, 2.05) is 69.0 Å². The number of alkyl halides is 1. The second-order valence-electron chi connectivity index (χ2n) is 10.4. The lowest BCUT2D eigenvalue weighted by Gasteiger charge is -2.44. The largest absolute Gasteiger partial charge is 0.356 e. The van der Waals surface area contributed by atoms with Crippen molar-refractivity contribution in [3.8, 4) is 0 Å². The van der Waals surface area contributed by atoms with Crippen LogP contribution >= 0.6 is 11.6 Å². The molecule has 0 bridgehead atoms. The van der Waals surface area contributed by atoms with Gasteiger partial charge in [-0.1, -0.05) is 30.3 Å². The van der Waals surface area contributed by atoms with Gasteiger partial charge in [0, 0.05) is 54.8 Å². The third kappa shape index (κ3) is 4.85. The molecular weight excluding hydrogens is 488 g/mol. The number of carbonyl (C=O) groups excluding carboxylic acids is 3. The number of para-hydroxylation sites is 1. The fourth-order valence-corrected chi connectivity index (χ4v) is 5.69. The number of aromatic nitrogens is 1. The van der Waals surface area contributed by atoms with E-state index >= 15 is 0 Å². The van der Waals surface area contributed by atoms with Crippen LogP contribution in [0.25, 0.3) is 10.9 Å². The van der Waals surface area contributed by atoms with Gasteiger partial charge in [0.25, 0.3) is 5.91 Å². The molecule has 7 nitrogen and oxygen atoms in total. The molecule has 1 N–H and O–H groups in total. The molecule has 0 radical (unpaired) electrons. The molecule has 1 aliphatic rings. The minimum atomic E-state index is -0.712. The smallest absolute Gasteiger partial charge is 0.253 e. The summed E-state index contributed by atoms with van der Waals surface area (Å²) in [5, 5.41) is 1.04. The van der Waals surface area contributed by atoms with Crippen LogP contribution in [0.4, 0.5) is 0 Å². The van der Waals surface area contributed by atoms with Crippen LogP contribution in [0.2, 0.25) is 0 Å². The van der Waals surface area contributed by atoms with Crippen LogP contribution in [-0.4, -0.2) is 75.5 Å². The molecule has 1 aliphatic heterocycles. The van der Waals surface area contributed by atoms with E-state index in [9.17, 15) is 14.4 Å². The first kappa shape index (κ1) is 26.7. The maximum absolute atomic E-state index is 14.1. The Morgan fingerprint density at radius 1 is 1.00 bits per heavy atom. The lowest BCUT2D eigenvalue weighted by atomic mass is 9.86. The van der Waals surface area contributed by atoms with E-state index in [-0.39, 0.29) is 35.7 Å². The first-order valence-electron chi connectivity index (χ1n) is 12.7. The first-order chi connectivity index (χ1) is 17.6. The standard InChI is InChI=1S/C29H35ClN4O3/c1-17(2)33(18(3)4)29(37)24-15-22-21-9-7-8-10-23(21)31-26(22)27(34(24)25(35)16-30)19-11-13-20(14-12-19)28(36)32(5)6/h7-14,17-18,24,27,31H,15-16H2,1-6H3/t24-,27+/m1/s1. The average molecular weight is 523 g/mol. The predicted molar refractivity (Wildman–Crippen MR) is 147 cm³/mol. The molecule has 196 valence electrons. The van der Waals surface area contributed by atoms with Crippen molar-refractivity contribution in [2.24, 2.45) is 0 Å². The van der Waals surface area contributed by atoms with Crippen LogP contribution < -0.4 is 0 Å². The number of benzene rings is 2. The first-order valence-corrected chi connectivity index (χ1v) is 13.2. The number of nitrogens with one attached hydrogen (secondary N) is 1. The number of aromatic amines is 1. The fraction of sp³-hybridized carbons (Fsp3) is 0.414. The van der Waals surface area contributed by atoms with E-state index in [4.69, 9.17) is 11.6 Å². The minimum Gasteiger partial charge on any atom is -0.356 e. The van der Waals surface area contributed by atoms with Crippen molar-refractivity contribution in [2.45, 2.75) is 58.3 Å². The van der Waals surface area contributed by atoms with Crippen LogP contribution in [0.3, 0.4) is 0 Å². The van der Waals surface area contributed by atoms with Crippen molar-refractivity contribution in [1.82, 2.24) is 19.7 Å². The van der Waals surface area contributed by atoms with Crippen LogP contribution in [0.1, 0.15) is 60.9 Å². The Morgan fingerprint density at radius 3 is 2.19 bits per heavy atom. The lowest BCUT2D eigenvalue weighted by molar-refractivity contribution is -0.149. The Balaban J connectivity index is 1.92. The Morgan fingerprint density at radius 2 is 1.62 bits per heavy atom. The summed E-state index contributed by atoms with van der Waals surface area (Å²) in [5.74, 6) is -0.747. The van der Waals surface area contributed by atoms with Gasteiger partial charge in [0.15, 0.2) is 0 Å². The molecule has 1 aromatic heterocycles. The molecule has 37 heavy (non-hydrogen) atoms. The second-order valence-corrected chi connectivity index (χ2v) is 10.6. The van der Waals surface area contributed by atoms with Gasteiger partial charge in [0.2, 0.25) is 11.8 Å². The summed E-state index contributed by atoms with van der Waals surface area (Å²) in [6.45, 7) is 7.96. The Bertz CT molecular complexity index is 1300. The number of halogens is 1. The number of rotatable bonds is 6. The predicted octanol–water partition coefficient (Wildman–Crippen LogP) is 4.60. The summed E-state index contributed by atoms with van der Waals surface area (Å²) in [4.78, 5) is 48.6. The highest BCUT2D eigenvalue weighted by Crippen LogP contribution is 2.41. The van der Waals surface area contributed by atoms with Crippen molar-refractivity contribution in [3.05, 3.63) is 70.9 Å². The Labute approximate surface area is 223 Å². The van der Waals surface area contributed by atoms with E-state index in [2.05, 4.69) is 4.98 Å². The zero-order valence-electron chi connectivity index (χ0n) is 22.3. The van der Waals surface area contributed by atoms with Gasteiger partial charge < -0.3 is 19.7 Å². The number of carbonyl (C=O) groups is 3. The molecule has 0 saturated carbocycles. The van der Waals surface area contributed by atoms with Crippen LogP contribution in [-0.2, 0) is 16.0 Å². The van der Waals surface area contributed by atoms with E-state index < -0.39 is 12.1 Å². The van der Waals surface area contributed by atoms with E-state index in [0.29, 0.717) is 12.0 Å². The average Bonchev–Trinajstić information content (AvgIpc) is 3.24.